The van der Waals surface area contributed by atoms with Crippen molar-refractivity contribution in [2.24, 2.45) is 5.92 Å². The van der Waals surface area contributed by atoms with E-state index in [9.17, 15) is 13.2 Å². The van der Waals surface area contributed by atoms with Crippen molar-refractivity contribution >= 4 is 15.9 Å². The van der Waals surface area contributed by atoms with Crippen LogP contribution in [0.2, 0.25) is 0 Å². The van der Waals surface area contributed by atoms with E-state index in [0.717, 1.165) is 11.3 Å². The number of sulfonamides is 1. The smallest absolute Gasteiger partial charge is 0.238 e. The number of hydrogen-bond donors (Lipinski definition) is 1. The molecule has 1 N–H and O–H groups in total. The van der Waals surface area contributed by atoms with Gasteiger partial charge >= 0.3 is 0 Å². The summed E-state index contributed by atoms with van der Waals surface area (Å²) in [5.41, 5.74) is 1.88. The average molecular weight is 376 g/mol. The minimum absolute atomic E-state index is 0.0925. The van der Waals surface area contributed by atoms with Crippen LogP contribution in [0.5, 0.6) is 0 Å². The number of amides is 1. The Kier molecular flexibility index (Phi) is 5.43. The molecule has 2 aromatic rings. The Morgan fingerprint density at radius 3 is 2.54 bits per heavy atom. The molecule has 8 heteroatoms. The van der Waals surface area contributed by atoms with Gasteiger partial charge < -0.3 is 5.32 Å². The molecular weight excluding hydrogens is 352 g/mol. The first-order valence-corrected chi connectivity index (χ1v) is 10.4. The molecule has 7 nitrogen and oxygen atoms in total. The first-order valence-electron chi connectivity index (χ1n) is 8.74. The topological polar surface area (TPSA) is 84.3 Å². The van der Waals surface area contributed by atoms with Crippen molar-refractivity contribution in [2.75, 3.05) is 12.3 Å². The highest BCUT2D eigenvalue weighted by Crippen LogP contribution is 2.22. The maximum atomic E-state index is 12.7. The van der Waals surface area contributed by atoms with Crippen molar-refractivity contribution in [2.45, 2.75) is 32.9 Å². The maximum absolute atomic E-state index is 12.7. The van der Waals surface area contributed by atoms with Crippen molar-refractivity contribution in [3.05, 3.63) is 48.3 Å². The van der Waals surface area contributed by atoms with E-state index in [1.165, 1.54) is 4.31 Å². The van der Waals surface area contributed by atoms with Crippen LogP contribution in [-0.4, -0.2) is 46.8 Å². The summed E-state index contributed by atoms with van der Waals surface area (Å²) in [5, 5.41) is 7.06. The summed E-state index contributed by atoms with van der Waals surface area (Å²) in [6.45, 7) is 4.51. The Bertz CT molecular complexity index is 845. The predicted molar refractivity (Wildman–Crippen MR) is 99.1 cm³/mol. The van der Waals surface area contributed by atoms with E-state index < -0.39 is 16.1 Å². The molecule has 1 aromatic heterocycles. The number of carbonyl (C=O) groups excluding carboxylic acids is 1. The molecule has 0 unspecified atom stereocenters. The van der Waals surface area contributed by atoms with Crippen LogP contribution in [0.4, 0.5) is 0 Å². The monoisotopic (exact) mass is 376 g/mol. The summed E-state index contributed by atoms with van der Waals surface area (Å²) >= 11 is 0. The van der Waals surface area contributed by atoms with E-state index in [1.807, 2.05) is 50.4 Å². The van der Waals surface area contributed by atoms with Crippen LogP contribution in [0, 0.1) is 5.92 Å². The van der Waals surface area contributed by atoms with Crippen LogP contribution in [0.25, 0.3) is 5.69 Å². The fourth-order valence-corrected chi connectivity index (χ4v) is 5.04. The fraction of sp³-hybridized carbons (Fsp3) is 0.444. The molecule has 3 rings (SSSR count). The highest BCUT2D eigenvalue weighted by atomic mass is 32.2. The number of benzene rings is 1. The minimum atomic E-state index is -3.33. The zero-order valence-corrected chi connectivity index (χ0v) is 15.8. The first-order chi connectivity index (χ1) is 12.4. The SMILES string of the molecule is CC(C)[C@H](C(=O)NCc1ccc(-n2cccn2)cc1)N1CCCS1(=O)=O. The van der Waals surface area contributed by atoms with Gasteiger partial charge in [-0.1, -0.05) is 26.0 Å². The summed E-state index contributed by atoms with van der Waals surface area (Å²) in [6, 6.07) is 8.90. The molecule has 1 saturated heterocycles. The second-order valence-electron chi connectivity index (χ2n) is 6.80. The van der Waals surface area contributed by atoms with Crippen LogP contribution >= 0.6 is 0 Å². The summed E-state index contributed by atoms with van der Waals surface area (Å²) in [7, 11) is -3.33. The van der Waals surface area contributed by atoms with Crippen molar-refractivity contribution in [1.82, 2.24) is 19.4 Å². The summed E-state index contributed by atoms with van der Waals surface area (Å²) in [4.78, 5) is 12.7. The third-order valence-electron chi connectivity index (χ3n) is 4.52. The third-order valence-corrected chi connectivity index (χ3v) is 6.45. The number of carbonyl (C=O) groups is 1. The Morgan fingerprint density at radius 2 is 2.00 bits per heavy atom. The van der Waals surface area contributed by atoms with Gasteiger partial charge in [-0.2, -0.15) is 9.40 Å². The molecule has 0 aliphatic carbocycles. The van der Waals surface area contributed by atoms with Gasteiger partial charge in [0.15, 0.2) is 0 Å². The molecule has 140 valence electrons. The van der Waals surface area contributed by atoms with E-state index in [2.05, 4.69) is 10.4 Å². The molecule has 1 atom stereocenters. The third kappa shape index (κ3) is 3.96. The first kappa shape index (κ1) is 18.6. The van der Waals surface area contributed by atoms with E-state index in [1.54, 1.807) is 10.9 Å². The molecule has 0 saturated carbocycles. The second-order valence-corrected chi connectivity index (χ2v) is 8.85. The van der Waals surface area contributed by atoms with Crippen LogP contribution in [-0.2, 0) is 21.4 Å². The van der Waals surface area contributed by atoms with Gasteiger partial charge in [-0.15, -0.1) is 0 Å². The zero-order valence-electron chi connectivity index (χ0n) is 15.0. The van der Waals surface area contributed by atoms with Gasteiger partial charge in [0.25, 0.3) is 0 Å². The molecule has 2 heterocycles. The minimum Gasteiger partial charge on any atom is -0.351 e. The van der Waals surface area contributed by atoms with E-state index in [0.29, 0.717) is 19.5 Å². The molecule has 26 heavy (non-hydrogen) atoms. The van der Waals surface area contributed by atoms with E-state index >= 15 is 0 Å². The fourth-order valence-electron chi connectivity index (χ4n) is 3.22. The van der Waals surface area contributed by atoms with Crippen LogP contribution < -0.4 is 5.32 Å². The Morgan fingerprint density at radius 1 is 1.27 bits per heavy atom. The van der Waals surface area contributed by atoms with Gasteiger partial charge in [0, 0.05) is 25.5 Å². The normalized spacial score (nSPS) is 18.1. The Hall–Kier alpha value is -2.19. The largest absolute Gasteiger partial charge is 0.351 e. The van der Waals surface area contributed by atoms with E-state index in [-0.39, 0.29) is 17.6 Å². The quantitative estimate of drug-likeness (QED) is 0.829. The molecule has 0 bridgehead atoms. The van der Waals surface area contributed by atoms with Crippen LogP contribution in [0.3, 0.4) is 0 Å². The lowest BCUT2D eigenvalue weighted by Crippen LogP contribution is -2.50. The average Bonchev–Trinajstić information content (AvgIpc) is 3.24. The van der Waals surface area contributed by atoms with Crippen molar-refractivity contribution in [3.8, 4) is 5.69 Å². The highest BCUT2D eigenvalue weighted by Gasteiger charge is 2.39. The van der Waals surface area contributed by atoms with Crippen molar-refractivity contribution in [1.29, 1.82) is 0 Å². The van der Waals surface area contributed by atoms with Gasteiger partial charge in [-0.25, -0.2) is 13.1 Å². The molecule has 1 fully saturated rings. The Balaban J connectivity index is 1.65. The molecule has 0 radical (unpaired) electrons. The van der Waals surface area contributed by atoms with Gasteiger partial charge in [0.05, 0.1) is 11.4 Å². The van der Waals surface area contributed by atoms with Gasteiger partial charge in [-0.05, 0) is 36.1 Å². The lowest BCUT2D eigenvalue weighted by molar-refractivity contribution is -0.126. The number of aromatic nitrogens is 2. The van der Waals surface area contributed by atoms with E-state index in [4.69, 9.17) is 0 Å². The number of nitrogens with one attached hydrogen (secondary N) is 1. The van der Waals surface area contributed by atoms with Gasteiger partial charge in [0.2, 0.25) is 15.9 Å². The number of rotatable bonds is 6. The van der Waals surface area contributed by atoms with Gasteiger partial charge in [-0.3, -0.25) is 4.79 Å². The summed E-state index contributed by atoms with van der Waals surface area (Å²) in [5.74, 6) is -0.218. The molecular formula is C18H24N4O3S. The summed E-state index contributed by atoms with van der Waals surface area (Å²) in [6.07, 6.45) is 4.15. The number of hydrogen-bond acceptors (Lipinski definition) is 4. The molecule has 1 amide bonds. The Labute approximate surface area is 154 Å². The lowest BCUT2D eigenvalue weighted by Gasteiger charge is -2.28. The maximum Gasteiger partial charge on any atom is 0.238 e. The zero-order chi connectivity index (χ0) is 18.7. The van der Waals surface area contributed by atoms with Crippen molar-refractivity contribution < 1.29 is 13.2 Å². The van der Waals surface area contributed by atoms with Crippen LogP contribution in [0.1, 0.15) is 25.8 Å². The van der Waals surface area contributed by atoms with Crippen molar-refractivity contribution in [3.63, 3.8) is 0 Å². The predicted octanol–water partition coefficient (Wildman–Crippen LogP) is 1.55. The molecule has 0 spiro atoms. The van der Waals surface area contributed by atoms with Gasteiger partial charge in [0.1, 0.15) is 6.04 Å². The molecule has 1 aliphatic rings. The molecule has 1 aliphatic heterocycles. The number of nitrogens with zero attached hydrogens (tertiary/aromatic N) is 3. The highest BCUT2D eigenvalue weighted by molar-refractivity contribution is 7.89. The lowest BCUT2D eigenvalue weighted by atomic mass is 10.0. The second kappa shape index (κ2) is 7.59. The standard InChI is InChI=1S/C18H24N4O3S/c1-14(2)17(22-11-4-12-26(22,24)25)18(23)19-13-15-5-7-16(8-6-15)21-10-3-9-20-21/h3,5-10,14,17H,4,11-13H2,1-2H3,(H,19,23)/t17-/m1/s1. The molecule has 1 aromatic carbocycles. The van der Waals surface area contributed by atoms with Crippen LogP contribution in [0.15, 0.2) is 42.7 Å². The summed E-state index contributed by atoms with van der Waals surface area (Å²) < 4.78 is 27.5.